The second kappa shape index (κ2) is 9.74. The number of carbonyl (C=O) groups excluding carboxylic acids is 2. The second-order valence-electron chi connectivity index (χ2n) is 8.99. The first-order chi connectivity index (χ1) is 15.5. The van der Waals surface area contributed by atoms with Crippen LogP contribution >= 0.6 is 0 Å². The second-order valence-corrected chi connectivity index (χ2v) is 8.99. The van der Waals surface area contributed by atoms with Crippen molar-refractivity contribution in [2.75, 3.05) is 33.4 Å². The summed E-state index contributed by atoms with van der Waals surface area (Å²) in [6, 6.07) is 16.4. The monoisotopic (exact) mass is 436 g/mol. The van der Waals surface area contributed by atoms with Gasteiger partial charge < -0.3 is 20.1 Å². The van der Waals surface area contributed by atoms with Crippen LogP contribution < -0.4 is 10.5 Å². The topological polar surface area (TPSA) is 81.9 Å². The van der Waals surface area contributed by atoms with Crippen LogP contribution in [0.5, 0.6) is 5.75 Å². The van der Waals surface area contributed by atoms with Crippen molar-refractivity contribution < 1.29 is 19.1 Å². The molecule has 2 aromatic rings. The first-order valence-corrected chi connectivity index (χ1v) is 11.4. The highest BCUT2D eigenvalue weighted by atomic mass is 16.5. The number of methoxy groups -OCH3 is 1. The molecule has 4 rings (SSSR count). The van der Waals surface area contributed by atoms with E-state index in [-0.39, 0.29) is 17.7 Å². The van der Waals surface area contributed by atoms with E-state index in [2.05, 4.69) is 24.3 Å². The summed E-state index contributed by atoms with van der Waals surface area (Å²) in [6.07, 6.45) is 3.63. The molecule has 1 atom stereocenters. The van der Waals surface area contributed by atoms with E-state index < -0.39 is 5.41 Å². The lowest BCUT2D eigenvalue weighted by Crippen LogP contribution is -2.52. The fraction of sp³-hybridized carbons (Fsp3) is 0.462. The van der Waals surface area contributed by atoms with Crippen LogP contribution in [0.2, 0.25) is 0 Å². The molecule has 2 amide bonds. The molecule has 2 fully saturated rings. The average Bonchev–Trinajstić information content (AvgIpc) is 2.84. The fourth-order valence-corrected chi connectivity index (χ4v) is 4.99. The Morgan fingerprint density at radius 1 is 1.12 bits per heavy atom. The van der Waals surface area contributed by atoms with Gasteiger partial charge in [-0.15, -0.1) is 0 Å². The van der Waals surface area contributed by atoms with Crippen molar-refractivity contribution in [2.24, 2.45) is 17.1 Å². The lowest BCUT2D eigenvalue weighted by molar-refractivity contribution is -0.150. The Labute approximate surface area is 189 Å². The van der Waals surface area contributed by atoms with Crippen molar-refractivity contribution in [1.82, 2.24) is 4.90 Å². The van der Waals surface area contributed by atoms with Crippen LogP contribution in [0.25, 0.3) is 11.1 Å². The van der Waals surface area contributed by atoms with Crippen LogP contribution in [-0.2, 0) is 20.7 Å². The van der Waals surface area contributed by atoms with Crippen molar-refractivity contribution in [3.63, 3.8) is 0 Å². The Morgan fingerprint density at radius 3 is 2.56 bits per heavy atom. The molecule has 2 aliphatic heterocycles. The molecule has 2 aliphatic rings. The number of nitrogens with zero attached hydrogens (tertiary/aromatic N) is 1. The van der Waals surface area contributed by atoms with Gasteiger partial charge in [0.1, 0.15) is 5.75 Å². The average molecular weight is 437 g/mol. The zero-order chi connectivity index (χ0) is 22.6. The number of likely N-dealkylation sites (tertiary alicyclic amines) is 1. The van der Waals surface area contributed by atoms with Crippen LogP contribution in [-0.4, -0.2) is 50.1 Å². The molecule has 2 heterocycles. The van der Waals surface area contributed by atoms with Crippen molar-refractivity contribution in [2.45, 2.75) is 32.1 Å². The molecule has 2 aromatic carbocycles. The molecule has 2 saturated heterocycles. The van der Waals surface area contributed by atoms with Crippen LogP contribution in [0, 0.1) is 11.3 Å². The number of rotatable bonds is 6. The number of hydrogen-bond donors (Lipinski definition) is 1. The number of amides is 2. The molecule has 6 heteroatoms. The van der Waals surface area contributed by atoms with Gasteiger partial charge in [-0.2, -0.15) is 0 Å². The van der Waals surface area contributed by atoms with Gasteiger partial charge in [-0.1, -0.05) is 36.4 Å². The minimum atomic E-state index is -0.504. The first kappa shape index (κ1) is 22.3. The summed E-state index contributed by atoms with van der Waals surface area (Å²) in [5.74, 6) is 0.410. The maximum Gasteiger partial charge on any atom is 0.229 e. The smallest absolute Gasteiger partial charge is 0.229 e. The molecule has 0 radical (unpaired) electrons. The Balaban J connectivity index is 1.57. The van der Waals surface area contributed by atoms with E-state index in [0.29, 0.717) is 45.6 Å². The predicted molar refractivity (Wildman–Crippen MR) is 123 cm³/mol. The molecule has 0 aliphatic carbocycles. The zero-order valence-corrected chi connectivity index (χ0v) is 18.7. The van der Waals surface area contributed by atoms with Crippen molar-refractivity contribution in [3.8, 4) is 16.9 Å². The van der Waals surface area contributed by atoms with Crippen LogP contribution in [0.4, 0.5) is 0 Å². The normalized spacial score (nSPS) is 20.5. The SMILES string of the molecule is COc1ccc(-c2cccc(CC3(C(=O)N4CCCC(C(N)=O)C4)CCOCC3)c2)cc1. The first-order valence-electron chi connectivity index (χ1n) is 11.4. The third-order valence-electron chi connectivity index (χ3n) is 6.91. The standard InChI is InChI=1S/C26H32N2O4/c1-31-23-9-7-20(8-10-23)21-5-2-4-19(16-21)17-26(11-14-32-15-12-26)25(30)28-13-3-6-22(18-28)24(27)29/h2,4-5,7-10,16,22H,3,6,11-15,17-18H2,1H3,(H2,27,29). The van der Waals surface area contributed by atoms with Crippen LogP contribution in [0.1, 0.15) is 31.2 Å². The van der Waals surface area contributed by atoms with Gasteiger partial charge in [-0.05, 0) is 60.9 Å². The molecular weight excluding hydrogens is 404 g/mol. The van der Waals surface area contributed by atoms with Gasteiger partial charge in [-0.3, -0.25) is 9.59 Å². The number of primary amides is 1. The number of benzene rings is 2. The van der Waals surface area contributed by atoms with E-state index in [1.807, 2.05) is 29.2 Å². The van der Waals surface area contributed by atoms with Gasteiger partial charge in [0, 0.05) is 26.3 Å². The lowest BCUT2D eigenvalue weighted by Gasteiger charge is -2.42. The van der Waals surface area contributed by atoms with Crippen LogP contribution in [0.3, 0.4) is 0 Å². The number of carbonyl (C=O) groups is 2. The van der Waals surface area contributed by atoms with E-state index in [1.54, 1.807) is 7.11 Å². The molecule has 1 unspecified atom stereocenters. The summed E-state index contributed by atoms with van der Waals surface area (Å²) in [7, 11) is 1.66. The summed E-state index contributed by atoms with van der Waals surface area (Å²) in [5, 5.41) is 0. The third kappa shape index (κ3) is 4.80. The minimum absolute atomic E-state index is 0.140. The summed E-state index contributed by atoms with van der Waals surface area (Å²) < 4.78 is 10.9. The van der Waals surface area contributed by atoms with E-state index >= 15 is 0 Å². The van der Waals surface area contributed by atoms with Gasteiger partial charge in [0.25, 0.3) is 0 Å². The Kier molecular flexibility index (Phi) is 6.80. The summed E-state index contributed by atoms with van der Waals surface area (Å²) in [6.45, 7) is 2.29. The summed E-state index contributed by atoms with van der Waals surface area (Å²) in [4.78, 5) is 27.4. The van der Waals surface area contributed by atoms with Crippen molar-refractivity contribution in [1.29, 1.82) is 0 Å². The Hall–Kier alpha value is -2.86. The molecule has 170 valence electrons. The quantitative estimate of drug-likeness (QED) is 0.752. The molecule has 0 spiro atoms. The van der Waals surface area contributed by atoms with E-state index in [9.17, 15) is 9.59 Å². The molecular formula is C26H32N2O4. The molecule has 0 saturated carbocycles. The third-order valence-corrected chi connectivity index (χ3v) is 6.91. The highest BCUT2D eigenvalue weighted by Gasteiger charge is 2.44. The maximum absolute atomic E-state index is 13.8. The van der Waals surface area contributed by atoms with E-state index in [0.717, 1.165) is 35.3 Å². The number of piperidine rings is 1. The van der Waals surface area contributed by atoms with Gasteiger partial charge in [0.15, 0.2) is 0 Å². The Bertz CT molecular complexity index is 951. The van der Waals surface area contributed by atoms with Gasteiger partial charge in [0.05, 0.1) is 18.4 Å². The van der Waals surface area contributed by atoms with Crippen LogP contribution in [0.15, 0.2) is 48.5 Å². The molecule has 32 heavy (non-hydrogen) atoms. The van der Waals surface area contributed by atoms with Crippen molar-refractivity contribution >= 4 is 11.8 Å². The Morgan fingerprint density at radius 2 is 1.88 bits per heavy atom. The summed E-state index contributed by atoms with van der Waals surface area (Å²) in [5.41, 5.74) is 8.41. The van der Waals surface area contributed by atoms with E-state index in [1.165, 1.54) is 0 Å². The largest absolute Gasteiger partial charge is 0.497 e. The molecule has 0 aromatic heterocycles. The van der Waals surface area contributed by atoms with Crippen molar-refractivity contribution in [3.05, 3.63) is 54.1 Å². The van der Waals surface area contributed by atoms with E-state index in [4.69, 9.17) is 15.2 Å². The molecule has 0 bridgehead atoms. The zero-order valence-electron chi connectivity index (χ0n) is 18.7. The molecule has 2 N–H and O–H groups in total. The van der Waals surface area contributed by atoms with Gasteiger partial charge in [0.2, 0.25) is 11.8 Å². The number of nitrogens with two attached hydrogens (primary N) is 1. The van der Waals surface area contributed by atoms with Gasteiger partial charge in [-0.25, -0.2) is 0 Å². The number of hydrogen-bond acceptors (Lipinski definition) is 4. The van der Waals surface area contributed by atoms with Gasteiger partial charge >= 0.3 is 0 Å². The fourth-order valence-electron chi connectivity index (χ4n) is 4.99. The maximum atomic E-state index is 13.8. The predicted octanol–water partition coefficient (Wildman–Crippen LogP) is 3.43. The molecule has 6 nitrogen and oxygen atoms in total. The highest BCUT2D eigenvalue weighted by molar-refractivity contribution is 5.85. The lowest BCUT2D eigenvalue weighted by atomic mass is 9.73. The highest BCUT2D eigenvalue weighted by Crippen LogP contribution is 2.38. The summed E-state index contributed by atoms with van der Waals surface area (Å²) >= 11 is 0. The number of ether oxygens (including phenoxy) is 2. The minimum Gasteiger partial charge on any atom is -0.497 e.